The second-order valence-corrected chi connectivity index (χ2v) is 4.65. The number of benzene rings is 1. The van der Waals surface area contributed by atoms with Crippen LogP contribution in [0.25, 0.3) is 0 Å². The average Bonchev–Trinajstić information content (AvgIpc) is 2.83. The summed E-state index contributed by atoms with van der Waals surface area (Å²) in [6.45, 7) is 4.26. The molecule has 2 atom stereocenters. The summed E-state index contributed by atoms with van der Waals surface area (Å²) in [6.07, 6.45) is 3.46. The van der Waals surface area contributed by atoms with Crippen molar-refractivity contribution in [3.63, 3.8) is 0 Å². The fraction of sp³-hybridized carbons (Fsp3) is 0.286. The molecule has 0 saturated carbocycles. The fourth-order valence-electron chi connectivity index (χ4n) is 1.84. The molecule has 0 aliphatic heterocycles. The highest BCUT2D eigenvalue weighted by atomic mass is 35.5. The van der Waals surface area contributed by atoms with Crippen LogP contribution in [0.15, 0.2) is 47.3 Å². The summed E-state index contributed by atoms with van der Waals surface area (Å²) in [5.74, 6) is 0. The van der Waals surface area contributed by atoms with Crippen molar-refractivity contribution < 1.29 is 4.42 Å². The highest BCUT2D eigenvalue weighted by Crippen LogP contribution is 2.20. The lowest BCUT2D eigenvalue weighted by molar-refractivity contribution is 0.486. The molecule has 2 aromatic rings. The van der Waals surface area contributed by atoms with Gasteiger partial charge in [0.2, 0.25) is 0 Å². The van der Waals surface area contributed by atoms with Gasteiger partial charge in [0, 0.05) is 22.7 Å². The highest BCUT2D eigenvalue weighted by molar-refractivity contribution is 6.30. The molecule has 2 nitrogen and oxygen atoms in total. The van der Waals surface area contributed by atoms with E-state index in [0.29, 0.717) is 0 Å². The molecule has 2 unspecified atom stereocenters. The predicted molar refractivity (Wildman–Crippen MR) is 70.1 cm³/mol. The Bertz CT molecular complexity index is 450. The summed E-state index contributed by atoms with van der Waals surface area (Å²) in [6, 6.07) is 10.4. The quantitative estimate of drug-likeness (QED) is 0.872. The van der Waals surface area contributed by atoms with Gasteiger partial charge in [-0.05, 0) is 37.6 Å². The van der Waals surface area contributed by atoms with Crippen LogP contribution >= 0.6 is 11.6 Å². The minimum atomic E-state index is 0.263. The molecule has 0 radical (unpaired) electrons. The molecule has 1 aromatic heterocycles. The van der Waals surface area contributed by atoms with E-state index >= 15 is 0 Å². The van der Waals surface area contributed by atoms with Crippen molar-refractivity contribution in [2.24, 2.45) is 0 Å². The molecule has 1 N–H and O–H groups in total. The lowest BCUT2D eigenvalue weighted by atomic mass is 10.1. The Kier molecular flexibility index (Phi) is 3.87. The normalized spacial score (nSPS) is 14.5. The number of hydrogen-bond donors (Lipinski definition) is 1. The molecule has 0 bridgehead atoms. The Labute approximate surface area is 107 Å². The van der Waals surface area contributed by atoms with Gasteiger partial charge in [-0.3, -0.25) is 0 Å². The van der Waals surface area contributed by atoms with Crippen molar-refractivity contribution in [3.05, 3.63) is 59.0 Å². The Morgan fingerprint density at radius 1 is 1.00 bits per heavy atom. The zero-order chi connectivity index (χ0) is 12.3. The van der Waals surface area contributed by atoms with Gasteiger partial charge in [-0.15, -0.1) is 0 Å². The van der Waals surface area contributed by atoms with Crippen LogP contribution in [0.2, 0.25) is 5.02 Å². The number of nitrogens with one attached hydrogen (secondary N) is 1. The van der Waals surface area contributed by atoms with E-state index in [1.807, 2.05) is 30.3 Å². The molecule has 90 valence electrons. The maximum Gasteiger partial charge on any atom is 0.0950 e. The van der Waals surface area contributed by atoms with Crippen LogP contribution in [0.5, 0.6) is 0 Å². The van der Waals surface area contributed by atoms with Crippen LogP contribution < -0.4 is 5.32 Å². The van der Waals surface area contributed by atoms with Gasteiger partial charge in [0.05, 0.1) is 12.5 Å². The van der Waals surface area contributed by atoms with E-state index in [2.05, 4.69) is 19.2 Å². The molecule has 0 spiro atoms. The third kappa shape index (κ3) is 3.11. The lowest BCUT2D eigenvalue weighted by Crippen LogP contribution is -2.22. The van der Waals surface area contributed by atoms with Gasteiger partial charge in [0.15, 0.2) is 0 Å². The zero-order valence-corrected chi connectivity index (χ0v) is 10.7. The molecule has 0 amide bonds. The minimum Gasteiger partial charge on any atom is -0.472 e. The highest BCUT2D eigenvalue weighted by Gasteiger charge is 2.11. The van der Waals surface area contributed by atoms with E-state index < -0.39 is 0 Å². The van der Waals surface area contributed by atoms with E-state index in [-0.39, 0.29) is 12.1 Å². The van der Waals surface area contributed by atoms with E-state index in [4.69, 9.17) is 16.0 Å². The van der Waals surface area contributed by atoms with E-state index in [0.717, 1.165) is 10.6 Å². The molecule has 0 fully saturated rings. The Morgan fingerprint density at radius 3 is 2.24 bits per heavy atom. The van der Waals surface area contributed by atoms with Crippen molar-refractivity contribution in [2.45, 2.75) is 25.9 Å². The van der Waals surface area contributed by atoms with Crippen molar-refractivity contribution in [1.82, 2.24) is 5.32 Å². The van der Waals surface area contributed by atoms with Crippen molar-refractivity contribution in [1.29, 1.82) is 0 Å². The molecule has 2 rings (SSSR count). The summed E-state index contributed by atoms with van der Waals surface area (Å²) in [7, 11) is 0. The van der Waals surface area contributed by atoms with Crippen LogP contribution in [-0.4, -0.2) is 0 Å². The summed E-state index contributed by atoms with van der Waals surface area (Å²) in [5.41, 5.74) is 2.38. The summed E-state index contributed by atoms with van der Waals surface area (Å²) < 4.78 is 5.08. The third-order valence-electron chi connectivity index (χ3n) is 2.91. The second-order valence-electron chi connectivity index (χ2n) is 4.22. The molecule has 17 heavy (non-hydrogen) atoms. The first-order chi connectivity index (χ1) is 8.16. The zero-order valence-electron chi connectivity index (χ0n) is 9.98. The van der Waals surface area contributed by atoms with Crippen LogP contribution in [0.4, 0.5) is 0 Å². The topological polar surface area (TPSA) is 25.2 Å². The maximum atomic E-state index is 5.87. The summed E-state index contributed by atoms with van der Waals surface area (Å²) in [5, 5.41) is 4.28. The Morgan fingerprint density at radius 2 is 1.65 bits per heavy atom. The number of furan rings is 1. The molecule has 0 saturated heterocycles. The molecule has 1 aromatic carbocycles. The predicted octanol–water partition coefficient (Wildman–Crippen LogP) is 4.34. The number of hydrogen-bond acceptors (Lipinski definition) is 2. The maximum absolute atomic E-state index is 5.87. The molecule has 3 heteroatoms. The summed E-state index contributed by atoms with van der Waals surface area (Å²) >= 11 is 5.87. The van der Waals surface area contributed by atoms with Crippen LogP contribution in [0, 0.1) is 0 Å². The van der Waals surface area contributed by atoms with Crippen LogP contribution in [-0.2, 0) is 0 Å². The molecular formula is C14H16ClNO. The van der Waals surface area contributed by atoms with Gasteiger partial charge in [-0.2, -0.15) is 0 Å². The van der Waals surface area contributed by atoms with Crippen molar-refractivity contribution >= 4 is 11.6 Å². The van der Waals surface area contributed by atoms with Crippen molar-refractivity contribution in [3.8, 4) is 0 Å². The van der Waals surface area contributed by atoms with E-state index in [9.17, 15) is 0 Å². The Balaban J connectivity index is 2.01. The standard InChI is InChI=1S/C14H16ClNO/c1-10(12-3-5-14(15)6-4-12)16-11(2)13-7-8-17-9-13/h3-11,16H,1-2H3. The summed E-state index contributed by atoms with van der Waals surface area (Å²) in [4.78, 5) is 0. The fourth-order valence-corrected chi connectivity index (χ4v) is 1.97. The van der Waals surface area contributed by atoms with Crippen LogP contribution in [0.3, 0.4) is 0 Å². The van der Waals surface area contributed by atoms with Crippen molar-refractivity contribution in [2.75, 3.05) is 0 Å². The molecule has 0 aliphatic rings. The minimum absolute atomic E-state index is 0.263. The van der Waals surface area contributed by atoms with Gasteiger partial charge in [-0.25, -0.2) is 0 Å². The van der Waals surface area contributed by atoms with Crippen LogP contribution in [0.1, 0.15) is 37.1 Å². The first kappa shape index (κ1) is 12.2. The molecular weight excluding hydrogens is 234 g/mol. The number of rotatable bonds is 4. The lowest BCUT2D eigenvalue weighted by Gasteiger charge is -2.19. The van der Waals surface area contributed by atoms with Gasteiger partial charge in [0.1, 0.15) is 0 Å². The van der Waals surface area contributed by atoms with Gasteiger partial charge < -0.3 is 9.73 Å². The van der Waals surface area contributed by atoms with Gasteiger partial charge in [-0.1, -0.05) is 23.7 Å². The first-order valence-electron chi connectivity index (χ1n) is 5.70. The SMILES string of the molecule is CC(NC(C)c1ccoc1)c1ccc(Cl)cc1. The van der Waals surface area contributed by atoms with E-state index in [1.54, 1.807) is 12.5 Å². The number of halogens is 1. The van der Waals surface area contributed by atoms with Gasteiger partial charge >= 0.3 is 0 Å². The third-order valence-corrected chi connectivity index (χ3v) is 3.17. The second kappa shape index (κ2) is 5.39. The monoisotopic (exact) mass is 249 g/mol. The molecule has 0 aliphatic carbocycles. The van der Waals surface area contributed by atoms with E-state index in [1.165, 1.54) is 5.56 Å². The Hall–Kier alpha value is -1.25. The van der Waals surface area contributed by atoms with Gasteiger partial charge in [0.25, 0.3) is 0 Å². The molecule has 1 heterocycles. The first-order valence-corrected chi connectivity index (χ1v) is 6.08. The smallest absolute Gasteiger partial charge is 0.0950 e. The largest absolute Gasteiger partial charge is 0.472 e. The average molecular weight is 250 g/mol.